The third kappa shape index (κ3) is 6.23. The van der Waals surface area contributed by atoms with Crippen LogP contribution < -0.4 is 19.1 Å². The summed E-state index contributed by atoms with van der Waals surface area (Å²) in [5.74, 6) is 0.529. The molecule has 10 heteroatoms. The van der Waals surface area contributed by atoms with Crippen molar-refractivity contribution in [3.8, 4) is 17.2 Å². The number of carbonyl (C=O) groups excluding carboxylic acids is 1. The maximum atomic E-state index is 12.7. The first kappa shape index (κ1) is 24.5. The average molecular weight is 580 g/mol. The monoisotopic (exact) mass is 580 g/mol. The molecule has 172 valence electrons. The highest BCUT2D eigenvalue weighted by atomic mass is 127. The SMILES string of the molecule is COc1ccc(C(=O)N/N=C\c2cc(I)c(OS(=O)(=O)c3ccc(C)cc3)c(OC)c2)cc1. The first-order valence-corrected chi connectivity index (χ1v) is 12.1. The molecule has 0 aliphatic heterocycles. The van der Waals surface area contributed by atoms with Crippen LogP contribution >= 0.6 is 22.6 Å². The molecule has 0 bridgehead atoms. The van der Waals surface area contributed by atoms with E-state index in [9.17, 15) is 13.2 Å². The molecule has 8 nitrogen and oxygen atoms in total. The quantitative estimate of drug-likeness (QED) is 0.186. The molecule has 0 saturated carbocycles. The van der Waals surface area contributed by atoms with E-state index in [0.717, 1.165) is 5.56 Å². The van der Waals surface area contributed by atoms with Gasteiger partial charge < -0.3 is 13.7 Å². The third-order valence-corrected chi connectivity index (χ3v) is 6.52. The lowest BCUT2D eigenvalue weighted by Gasteiger charge is -2.13. The van der Waals surface area contributed by atoms with Crippen molar-refractivity contribution in [3.63, 3.8) is 0 Å². The van der Waals surface area contributed by atoms with E-state index < -0.39 is 10.1 Å². The second-order valence-electron chi connectivity index (χ2n) is 6.81. The van der Waals surface area contributed by atoms with E-state index in [2.05, 4.69) is 10.5 Å². The standard InChI is InChI=1S/C23H21IN2O6S/c1-15-4-10-19(11-5-15)33(28,29)32-22-20(24)12-16(13-21(22)31-3)14-25-26-23(27)17-6-8-18(30-2)9-7-17/h4-14H,1-3H3,(H,26,27)/b25-14-. The zero-order valence-electron chi connectivity index (χ0n) is 18.0. The van der Waals surface area contributed by atoms with Crippen LogP contribution in [0.2, 0.25) is 0 Å². The summed E-state index contributed by atoms with van der Waals surface area (Å²) in [5.41, 5.74) is 4.37. The van der Waals surface area contributed by atoms with Crippen LogP contribution in [0.4, 0.5) is 0 Å². The van der Waals surface area contributed by atoms with Crippen LogP contribution in [0.1, 0.15) is 21.5 Å². The molecule has 3 rings (SSSR count). The second-order valence-corrected chi connectivity index (χ2v) is 9.52. The van der Waals surface area contributed by atoms with Crippen LogP contribution in [0.25, 0.3) is 0 Å². The number of hydrogen-bond acceptors (Lipinski definition) is 7. The van der Waals surface area contributed by atoms with Crippen LogP contribution in [0.15, 0.2) is 70.7 Å². The van der Waals surface area contributed by atoms with E-state index in [1.54, 1.807) is 55.6 Å². The topological polar surface area (TPSA) is 103 Å². The Kier molecular flexibility index (Phi) is 7.92. The molecular formula is C23H21IN2O6S. The Morgan fingerprint density at radius 3 is 2.27 bits per heavy atom. The Morgan fingerprint density at radius 2 is 1.67 bits per heavy atom. The van der Waals surface area contributed by atoms with E-state index >= 15 is 0 Å². The molecule has 0 atom stereocenters. The normalized spacial score (nSPS) is 11.3. The highest BCUT2D eigenvalue weighted by Gasteiger charge is 2.21. The maximum Gasteiger partial charge on any atom is 0.339 e. The van der Waals surface area contributed by atoms with E-state index in [1.165, 1.54) is 25.5 Å². The predicted molar refractivity (Wildman–Crippen MR) is 133 cm³/mol. The van der Waals surface area contributed by atoms with Gasteiger partial charge in [-0.2, -0.15) is 13.5 Å². The molecule has 0 aliphatic carbocycles. The van der Waals surface area contributed by atoms with Crippen molar-refractivity contribution in [3.05, 3.63) is 80.9 Å². The molecule has 0 radical (unpaired) electrons. The number of methoxy groups -OCH3 is 2. The third-order valence-electron chi connectivity index (χ3n) is 4.49. The zero-order valence-corrected chi connectivity index (χ0v) is 21.0. The van der Waals surface area contributed by atoms with Gasteiger partial charge in [0, 0.05) is 5.56 Å². The van der Waals surface area contributed by atoms with Crippen LogP contribution in [0, 0.1) is 10.5 Å². The summed E-state index contributed by atoms with van der Waals surface area (Å²) >= 11 is 1.95. The summed E-state index contributed by atoms with van der Waals surface area (Å²) in [4.78, 5) is 12.3. The molecule has 3 aromatic carbocycles. The number of halogens is 1. The van der Waals surface area contributed by atoms with Crippen molar-refractivity contribution in [2.45, 2.75) is 11.8 Å². The lowest BCUT2D eigenvalue weighted by atomic mass is 10.2. The number of hydrazone groups is 1. The number of ether oxygens (including phenoxy) is 2. The fraction of sp³-hybridized carbons (Fsp3) is 0.130. The number of hydrogen-bond donors (Lipinski definition) is 1. The fourth-order valence-corrected chi connectivity index (χ4v) is 4.57. The lowest BCUT2D eigenvalue weighted by Crippen LogP contribution is -2.17. The van der Waals surface area contributed by atoms with Gasteiger partial charge in [-0.25, -0.2) is 5.43 Å². The maximum absolute atomic E-state index is 12.7. The fourth-order valence-electron chi connectivity index (χ4n) is 2.73. The molecule has 3 aromatic rings. The Morgan fingerprint density at radius 1 is 1.00 bits per heavy atom. The Bertz CT molecular complexity index is 1270. The first-order chi connectivity index (χ1) is 15.7. The van der Waals surface area contributed by atoms with Crippen molar-refractivity contribution in [2.75, 3.05) is 14.2 Å². The van der Waals surface area contributed by atoms with Gasteiger partial charge in [0.15, 0.2) is 11.5 Å². The molecule has 0 heterocycles. The van der Waals surface area contributed by atoms with E-state index in [4.69, 9.17) is 13.7 Å². The Labute approximate surface area is 205 Å². The van der Waals surface area contributed by atoms with Gasteiger partial charge in [-0.15, -0.1) is 0 Å². The molecule has 1 amide bonds. The molecule has 0 fully saturated rings. The van der Waals surface area contributed by atoms with Gasteiger partial charge in [-0.3, -0.25) is 4.79 Å². The number of rotatable bonds is 8. The van der Waals surface area contributed by atoms with Gasteiger partial charge in [-0.1, -0.05) is 17.7 Å². The molecule has 0 aliphatic rings. The van der Waals surface area contributed by atoms with Crippen LogP contribution in [-0.4, -0.2) is 34.8 Å². The minimum absolute atomic E-state index is 0.0397. The van der Waals surface area contributed by atoms with Gasteiger partial charge in [-0.05, 0) is 83.6 Å². The average Bonchev–Trinajstić information content (AvgIpc) is 2.80. The Balaban J connectivity index is 1.76. The predicted octanol–water partition coefficient (Wildman–Crippen LogP) is 4.15. The first-order valence-electron chi connectivity index (χ1n) is 9.59. The number of carbonyl (C=O) groups is 1. The summed E-state index contributed by atoms with van der Waals surface area (Å²) in [6, 6.07) is 16.2. The van der Waals surface area contributed by atoms with Crippen molar-refractivity contribution in [1.29, 1.82) is 0 Å². The van der Waals surface area contributed by atoms with Crippen LogP contribution in [0.5, 0.6) is 17.2 Å². The summed E-state index contributed by atoms with van der Waals surface area (Å²) in [6.07, 6.45) is 1.42. The molecule has 0 unspecified atom stereocenters. The Hall–Kier alpha value is -3.12. The number of nitrogens with one attached hydrogen (secondary N) is 1. The van der Waals surface area contributed by atoms with Crippen molar-refractivity contribution < 1.29 is 26.9 Å². The lowest BCUT2D eigenvalue weighted by molar-refractivity contribution is 0.0955. The number of amides is 1. The highest BCUT2D eigenvalue weighted by molar-refractivity contribution is 14.1. The summed E-state index contributed by atoms with van der Waals surface area (Å²) in [7, 11) is -1.10. The van der Waals surface area contributed by atoms with Gasteiger partial charge in [0.25, 0.3) is 5.91 Å². The van der Waals surface area contributed by atoms with E-state index in [-0.39, 0.29) is 22.3 Å². The number of benzene rings is 3. The van der Waals surface area contributed by atoms with E-state index in [1.807, 2.05) is 29.5 Å². The zero-order chi connectivity index (χ0) is 24.0. The molecule has 33 heavy (non-hydrogen) atoms. The highest BCUT2D eigenvalue weighted by Crippen LogP contribution is 2.35. The minimum Gasteiger partial charge on any atom is -0.497 e. The molecule has 0 spiro atoms. The van der Waals surface area contributed by atoms with Crippen molar-refractivity contribution >= 4 is 44.8 Å². The second kappa shape index (κ2) is 10.7. The van der Waals surface area contributed by atoms with Gasteiger partial charge in [0.05, 0.1) is 24.0 Å². The number of nitrogens with zero attached hydrogens (tertiary/aromatic N) is 1. The molecular weight excluding hydrogens is 559 g/mol. The number of aryl methyl sites for hydroxylation is 1. The summed E-state index contributed by atoms with van der Waals surface area (Å²) in [6.45, 7) is 1.86. The van der Waals surface area contributed by atoms with Crippen LogP contribution in [-0.2, 0) is 10.1 Å². The van der Waals surface area contributed by atoms with Crippen molar-refractivity contribution in [2.24, 2.45) is 5.10 Å². The van der Waals surface area contributed by atoms with E-state index in [0.29, 0.717) is 20.4 Å². The molecule has 0 saturated heterocycles. The minimum atomic E-state index is -4.05. The van der Waals surface area contributed by atoms with Crippen molar-refractivity contribution in [1.82, 2.24) is 5.43 Å². The van der Waals surface area contributed by atoms with Crippen LogP contribution in [0.3, 0.4) is 0 Å². The van der Waals surface area contributed by atoms with Gasteiger partial charge in [0.1, 0.15) is 10.6 Å². The summed E-state index contributed by atoms with van der Waals surface area (Å²) < 4.78 is 41.6. The van der Waals surface area contributed by atoms with Gasteiger partial charge in [0.2, 0.25) is 0 Å². The molecule has 1 N–H and O–H groups in total. The smallest absolute Gasteiger partial charge is 0.339 e. The van der Waals surface area contributed by atoms with Gasteiger partial charge >= 0.3 is 10.1 Å². The summed E-state index contributed by atoms with van der Waals surface area (Å²) in [5, 5.41) is 3.96. The molecule has 0 aromatic heterocycles. The largest absolute Gasteiger partial charge is 0.497 e.